The number of ether oxygens (including phenoxy) is 1. The van der Waals surface area contributed by atoms with Crippen molar-refractivity contribution >= 4 is 0 Å². The molecule has 0 spiro atoms. The first-order valence-corrected chi connectivity index (χ1v) is 7.34. The smallest absolute Gasteiger partial charge is 0.124 e. The predicted molar refractivity (Wildman–Crippen MR) is 75.4 cm³/mol. The van der Waals surface area contributed by atoms with Gasteiger partial charge in [0.1, 0.15) is 18.5 Å². The van der Waals surface area contributed by atoms with E-state index in [0.717, 1.165) is 17.9 Å². The third kappa shape index (κ3) is 2.37. The van der Waals surface area contributed by atoms with Gasteiger partial charge in [0, 0.05) is 11.6 Å². The molecule has 0 radical (unpaired) electrons. The van der Waals surface area contributed by atoms with Crippen molar-refractivity contribution < 1.29 is 9.84 Å². The molecule has 0 aliphatic carbocycles. The maximum absolute atomic E-state index is 10.4. The van der Waals surface area contributed by atoms with E-state index in [0.29, 0.717) is 12.6 Å². The number of rotatable bonds is 1. The van der Waals surface area contributed by atoms with Gasteiger partial charge in [0.2, 0.25) is 0 Å². The predicted octanol–water partition coefficient (Wildman–Crippen LogP) is 2.66. The molecule has 1 aromatic rings. The zero-order chi connectivity index (χ0) is 13.4. The lowest BCUT2D eigenvalue weighted by molar-refractivity contribution is -0.0247. The van der Waals surface area contributed by atoms with E-state index in [2.05, 4.69) is 30.9 Å². The van der Waals surface area contributed by atoms with Gasteiger partial charge >= 0.3 is 0 Å². The van der Waals surface area contributed by atoms with Crippen LogP contribution in [0.1, 0.15) is 43.4 Å². The van der Waals surface area contributed by atoms with E-state index in [4.69, 9.17) is 4.74 Å². The van der Waals surface area contributed by atoms with Crippen LogP contribution in [0.2, 0.25) is 0 Å². The van der Waals surface area contributed by atoms with Crippen molar-refractivity contribution in [3.05, 3.63) is 29.3 Å². The Hall–Kier alpha value is -1.06. The summed E-state index contributed by atoms with van der Waals surface area (Å²) < 4.78 is 5.67. The Bertz CT molecular complexity index is 460. The van der Waals surface area contributed by atoms with Crippen molar-refractivity contribution in [3.63, 3.8) is 0 Å². The van der Waals surface area contributed by atoms with Gasteiger partial charge in [-0.15, -0.1) is 0 Å². The number of aryl methyl sites for hydroxylation is 1. The van der Waals surface area contributed by atoms with E-state index in [9.17, 15) is 5.11 Å². The van der Waals surface area contributed by atoms with E-state index in [1.165, 1.54) is 24.8 Å². The highest BCUT2D eigenvalue weighted by Gasteiger charge is 2.37. The fourth-order valence-corrected chi connectivity index (χ4v) is 3.44. The number of benzene rings is 1. The number of fused-ring (bicyclic) bond motifs is 1. The second kappa shape index (κ2) is 5.14. The van der Waals surface area contributed by atoms with Gasteiger partial charge in [-0.2, -0.15) is 0 Å². The van der Waals surface area contributed by atoms with Crippen molar-refractivity contribution in [2.24, 2.45) is 0 Å². The summed E-state index contributed by atoms with van der Waals surface area (Å²) in [5, 5.41) is 10.4. The summed E-state index contributed by atoms with van der Waals surface area (Å²) in [5.74, 6) is 0.943. The standard InChI is InChI=1S/C16H23NO2/c1-11-6-7-15-13(9-11)16(14(18)10-19-15)17-8-4-3-5-12(17)2/h6-7,9,12,14,16,18H,3-5,8,10H2,1-2H3. The van der Waals surface area contributed by atoms with Crippen molar-refractivity contribution in [1.29, 1.82) is 0 Å². The Kier molecular flexibility index (Phi) is 3.50. The van der Waals surface area contributed by atoms with E-state index in [1.807, 2.05) is 6.07 Å². The number of piperidine rings is 1. The monoisotopic (exact) mass is 261 g/mol. The van der Waals surface area contributed by atoms with Gasteiger partial charge in [0.25, 0.3) is 0 Å². The molecule has 3 rings (SSSR count). The third-order valence-corrected chi connectivity index (χ3v) is 4.47. The fraction of sp³-hybridized carbons (Fsp3) is 0.625. The van der Waals surface area contributed by atoms with Crippen LogP contribution in [-0.4, -0.2) is 35.3 Å². The lowest BCUT2D eigenvalue weighted by Gasteiger charge is -2.44. The van der Waals surface area contributed by atoms with E-state index in [-0.39, 0.29) is 6.04 Å². The van der Waals surface area contributed by atoms with Gasteiger partial charge in [-0.05, 0) is 39.3 Å². The van der Waals surface area contributed by atoms with Crippen molar-refractivity contribution in [3.8, 4) is 5.75 Å². The van der Waals surface area contributed by atoms with E-state index in [1.54, 1.807) is 0 Å². The summed E-state index contributed by atoms with van der Waals surface area (Å²) in [6.45, 7) is 5.86. The summed E-state index contributed by atoms with van der Waals surface area (Å²) >= 11 is 0. The Balaban J connectivity index is 1.97. The van der Waals surface area contributed by atoms with Gasteiger partial charge in [0.05, 0.1) is 6.04 Å². The van der Waals surface area contributed by atoms with Gasteiger partial charge in [-0.3, -0.25) is 4.90 Å². The summed E-state index contributed by atoms with van der Waals surface area (Å²) in [5.41, 5.74) is 2.39. The van der Waals surface area contributed by atoms with Crippen LogP contribution < -0.4 is 4.74 Å². The largest absolute Gasteiger partial charge is 0.490 e. The number of aliphatic hydroxyl groups is 1. The Labute approximate surface area is 115 Å². The summed E-state index contributed by atoms with van der Waals surface area (Å²) in [4.78, 5) is 2.47. The van der Waals surface area contributed by atoms with Crippen LogP contribution in [0.3, 0.4) is 0 Å². The highest BCUT2D eigenvalue weighted by atomic mass is 16.5. The summed E-state index contributed by atoms with van der Waals surface area (Å²) in [6, 6.07) is 6.92. The van der Waals surface area contributed by atoms with Crippen molar-refractivity contribution in [1.82, 2.24) is 4.90 Å². The molecule has 0 bridgehead atoms. The molecule has 3 atom stereocenters. The van der Waals surface area contributed by atoms with Crippen LogP contribution in [0.4, 0.5) is 0 Å². The molecular weight excluding hydrogens is 238 g/mol. The number of hydrogen-bond acceptors (Lipinski definition) is 3. The topological polar surface area (TPSA) is 32.7 Å². The van der Waals surface area contributed by atoms with Crippen molar-refractivity contribution in [2.45, 2.75) is 51.3 Å². The van der Waals surface area contributed by atoms with Gasteiger partial charge in [-0.1, -0.05) is 24.1 Å². The number of aliphatic hydroxyl groups excluding tert-OH is 1. The van der Waals surface area contributed by atoms with Crippen LogP contribution in [0.5, 0.6) is 5.75 Å². The molecule has 3 heteroatoms. The number of nitrogens with zero attached hydrogens (tertiary/aromatic N) is 1. The Morgan fingerprint density at radius 2 is 2.16 bits per heavy atom. The maximum atomic E-state index is 10.4. The minimum atomic E-state index is -0.421. The average molecular weight is 261 g/mol. The quantitative estimate of drug-likeness (QED) is 0.843. The van der Waals surface area contributed by atoms with E-state index < -0.39 is 6.10 Å². The SMILES string of the molecule is Cc1ccc2c(c1)C(N1CCCCC1C)C(O)CO2. The van der Waals surface area contributed by atoms with Crippen LogP contribution in [0, 0.1) is 6.92 Å². The van der Waals surface area contributed by atoms with Crippen LogP contribution >= 0.6 is 0 Å². The van der Waals surface area contributed by atoms with Crippen LogP contribution in [0.25, 0.3) is 0 Å². The molecule has 3 unspecified atom stereocenters. The van der Waals surface area contributed by atoms with Gasteiger partial charge < -0.3 is 9.84 Å². The first-order chi connectivity index (χ1) is 9.16. The molecule has 1 N–H and O–H groups in total. The lowest BCUT2D eigenvalue weighted by Crippen LogP contribution is -2.48. The highest BCUT2D eigenvalue weighted by Crippen LogP contribution is 2.39. The molecule has 2 aliphatic rings. The first kappa shape index (κ1) is 12.9. The molecular formula is C16H23NO2. The maximum Gasteiger partial charge on any atom is 0.124 e. The molecule has 1 saturated heterocycles. The summed E-state index contributed by atoms with van der Waals surface area (Å²) in [7, 11) is 0. The Morgan fingerprint density at radius 1 is 1.32 bits per heavy atom. The Morgan fingerprint density at radius 3 is 2.95 bits per heavy atom. The molecule has 1 fully saturated rings. The number of likely N-dealkylation sites (tertiary alicyclic amines) is 1. The molecule has 19 heavy (non-hydrogen) atoms. The summed E-state index contributed by atoms with van der Waals surface area (Å²) in [6.07, 6.45) is 3.34. The lowest BCUT2D eigenvalue weighted by atomic mass is 9.91. The number of hydrogen-bond donors (Lipinski definition) is 1. The third-order valence-electron chi connectivity index (χ3n) is 4.47. The minimum Gasteiger partial charge on any atom is -0.490 e. The van der Waals surface area contributed by atoms with E-state index >= 15 is 0 Å². The molecule has 104 valence electrons. The molecule has 2 heterocycles. The first-order valence-electron chi connectivity index (χ1n) is 7.34. The van der Waals surface area contributed by atoms with Gasteiger partial charge in [0.15, 0.2) is 0 Å². The molecule has 0 aromatic heterocycles. The van der Waals surface area contributed by atoms with Gasteiger partial charge in [-0.25, -0.2) is 0 Å². The zero-order valence-corrected chi connectivity index (χ0v) is 11.8. The zero-order valence-electron chi connectivity index (χ0n) is 11.8. The molecule has 0 saturated carbocycles. The fourth-order valence-electron chi connectivity index (χ4n) is 3.44. The van der Waals surface area contributed by atoms with Crippen LogP contribution in [-0.2, 0) is 0 Å². The minimum absolute atomic E-state index is 0.0962. The molecule has 0 amide bonds. The molecule has 3 nitrogen and oxygen atoms in total. The average Bonchev–Trinajstić information content (AvgIpc) is 2.40. The highest BCUT2D eigenvalue weighted by molar-refractivity contribution is 5.41. The second-order valence-electron chi connectivity index (χ2n) is 5.95. The molecule has 2 aliphatic heterocycles. The normalized spacial score (nSPS) is 31.6. The van der Waals surface area contributed by atoms with Crippen LogP contribution in [0.15, 0.2) is 18.2 Å². The van der Waals surface area contributed by atoms with Crippen molar-refractivity contribution in [2.75, 3.05) is 13.2 Å². The molecule has 1 aromatic carbocycles. The second-order valence-corrected chi connectivity index (χ2v) is 5.95.